The minimum atomic E-state index is -5.70. The van der Waals surface area contributed by atoms with Gasteiger partial charge in [0.15, 0.2) is 57.7 Å². The predicted molar refractivity (Wildman–Crippen MR) is 151 cm³/mol. The summed E-state index contributed by atoms with van der Waals surface area (Å²) >= 11 is 0. The largest absolute Gasteiger partial charge is 0.435 e. The molecule has 17 nitrogen and oxygen atoms in total. The Morgan fingerprint density at radius 3 is 0.875 bits per heavy atom. The van der Waals surface area contributed by atoms with E-state index in [2.05, 4.69) is 64.8 Å². The van der Waals surface area contributed by atoms with Crippen LogP contribution in [0.1, 0.15) is 47.2 Å². The summed E-state index contributed by atoms with van der Waals surface area (Å²) in [7, 11) is 0. The Kier molecular flexibility index (Phi) is 8.67. The molecule has 29 heteroatoms. The molecule has 0 atom stereocenters. The maximum atomic E-state index is 13.5. The van der Waals surface area contributed by atoms with Crippen molar-refractivity contribution in [1.29, 1.82) is 15.8 Å². The number of nitrogens with zero attached hydrogens (tertiary/aromatic N) is 16. The van der Waals surface area contributed by atoms with Crippen LogP contribution in [0, 0.1) is 34.0 Å². The molecule has 3 aromatic rings. The third-order valence-corrected chi connectivity index (χ3v) is 6.82. The third-order valence-electron chi connectivity index (χ3n) is 6.82. The van der Waals surface area contributed by atoms with Gasteiger partial charge >= 0.3 is 24.7 Å². The minimum absolute atomic E-state index is 0.0671. The zero-order valence-electron chi connectivity index (χ0n) is 26.3. The van der Waals surface area contributed by atoms with Gasteiger partial charge in [-0.1, -0.05) is 0 Å². The molecule has 3 aromatic heterocycles. The van der Waals surface area contributed by atoms with Crippen LogP contribution < -0.4 is 27.7 Å². The van der Waals surface area contributed by atoms with E-state index in [9.17, 15) is 68.5 Å². The molecule has 0 amide bonds. The number of halogens is 12. The van der Waals surface area contributed by atoms with Crippen LogP contribution in [0.2, 0.25) is 0 Å². The molecule has 0 radical (unpaired) electrons. The monoisotopic (exact) mass is 795 g/mol. The number of aromatic nitrogens is 7. The summed E-state index contributed by atoms with van der Waals surface area (Å²) in [5.41, 5.74) is -11.6. The van der Waals surface area contributed by atoms with Gasteiger partial charge in [-0.25, -0.2) is 64.8 Å². The highest BCUT2D eigenvalue weighted by molar-refractivity contribution is 6.41. The smallest absolute Gasteiger partial charge is 0.382 e. The first-order valence-electron chi connectivity index (χ1n) is 14.0. The van der Waals surface area contributed by atoms with Crippen molar-refractivity contribution in [1.82, 2.24) is 34.9 Å². The van der Waals surface area contributed by atoms with Crippen LogP contribution in [0.25, 0.3) is 16.7 Å². The van der Waals surface area contributed by atoms with Crippen molar-refractivity contribution in [2.24, 2.45) is 35.7 Å². The lowest BCUT2D eigenvalue weighted by Crippen LogP contribution is -2.36. The van der Waals surface area contributed by atoms with Gasteiger partial charge in [0.05, 0.1) is 5.71 Å². The van der Waals surface area contributed by atoms with Gasteiger partial charge in [0, 0.05) is 0 Å². The molecule has 2 N–H and O–H groups in total. The highest BCUT2D eigenvalue weighted by atomic mass is 19.4. The Bertz CT molecular complexity index is 2570. The predicted octanol–water partition coefficient (Wildman–Crippen LogP) is 1.84. The van der Waals surface area contributed by atoms with Crippen LogP contribution in [-0.2, 0) is 24.7 Å². The molecule has 0 spiro atoms. The van der Waals surface area contributed by atoms with E-state index >= 15 is 0 Å². The van der Waals surface area contributed by atoms with E-state index in [0.717, 1.165) is 0 Å². The van der Waals surface area contributed by atoms with Crippen LogP contribution >= 0.6 is 0 Å². The Labute approximate surface area is 297 Å². The maximum absolute atomic E-state index is 13.5. The zero-order chi connectivity index (χ0) is 41.3. The highest BCUT2D eigenvalue weighted by Gasteiger charge is 2.48. The number of aliphatic imine (C=N–C) groups is 2. The van der Waals surface area contributed by atoms with Crippen molar-refractivity contribution in [3.63, 3.8) is 0 Å². The minimum Gasteiger partial charge on any atom is -0.382 e. The number of hydrogen-bond acceptors (Lipinski definition) is 17. The molecular weight excluding hydrogens is 790 g/mol. The molecule has 6 heterocycles. The van der Waals surface area contributed by atoms with Gasteiger partial charge in [-0.2, -0.15) is 68.5 Å². The first-order chi connectivity index (χ1) is 25.9. The number of rotatable bonds is 3. The van der Waals surface area contributed by atoms with E-state index in [1.54, 1.807) is 6.07 Å². The van der Waals surface area contributed by atoms with Gasteiger partial charge in [0.25, 0.3) is 0 Å². The first-order valence-corrected chi connectivity index (χ1v) is 14.0. The summed E-state index contributed by atoms with van der Waals surface area (Å²) in [4.78, 5) is 45.1. The van der Waals surface area contributed by atoms with Gasteiger partial charge < -0.3 is 5.73 Å². The topological polar surface area (TPSA) is 262 Å². The number of amidine groups is 1. The Morgan fingerprint density at radius 1 is 0.429 bits per heavy atom. The summed E-state index contributed by atoms with van der Waals surface area (Å²) in [6, 6.07) is 4.51. The molecule has 0 saturated carbocycles. The van der Waals surface area contributed by atoms with Gasteiger partial charge in [-0.15, -0.1) is 0 Å². The molecule has 3 aliphatic heterocycles. The second kappa shape index (κ2) is 12.7. The van der Waals surface area contributed by atoms with Crippen LogP contribution in [0.5, 0.6) is 0 Å². The number of nitriles is 3. The van der Waals surface area contributed by atoms with Crippen LogP contribution in [0.15, 0.2) is 47.4 Å². The second-order valence-corrected chi connectivity index (χ2v) is 10.5. The van der Waals surface area contributed by atoms with E-state index in [4.69, 9.17) is 5.73 Å². The molecule has 0 bridgehead atoms. The van der Waals surface area contributed by atoms with Crippen molar-refractivity contribution in [2.45, 2.75) is 31.6 Å². The lowest BCUT2D eigenvalue weighted by molar-refractivity contribution is -0.167. The molecular formula is C27H5F12N17. The lowest BCUT2D eigenvalue weighted by Gasteiger charge is -2.11. The molecule has 0 aliphatic carbocycles. The molecule has 3 aliphatic rings. The fraction of sp³-hybridized carbons (Fsp3) is 0.185. The van der Waals surface area contributed by atoms with E-state index in [0.29, 0.717) is 0 Å². The summed E-state index contributed by atoms with van der Waals surface area (Å²) in [6.07, 6.45) is -22.8. The average Bonchev–Trinajstić information content (AvgIpc) is 3.78. The molecule has 0 aromatic carbocycles. The van der Waals surface area contributed by atoms with E-state index in [1.165, 1.54) is 19.1 Å². The fourth-order valence-electron chi connectivity index (χ4n) is 4.46. The zero-order valence-corrected chi connectivity index (χ0v) is 26.3. The second-order valence-electron chi connectivity index (χ2n) is 10.5. The van der Waals surface area contributed by atoms with Crippen molar-refractivity contribution in [2.75, 3.05) is 0 Å². The SMILES string of the molecule is CC1=N/C(=C(\C#N)c2nc(C(C#N)=C3N=c4nc(C(F)(F)F)c(C(F)(F)F)nc4=N3)nc(C(C#N)=C3N=c4nc(C(F)(F)F)c(C(F)(F)F)nc4=N3)n2)N=C1N. The van der Waals surface area contributed by atoms with Gasteiger partial charge in [-0.3, -0.25) is 0 Å². The number of fused-ring (bicyclic) bond motifs is 2. The number of allylic oxidation sites excluding steroid dienone is 3. The van der Waals surface area contributed by atoms with Crippen molar-refractivity contribution < 1.29 is 52.7 Å². The normalized spacial score (nSPS) is 15.8. The van der Waals surface area contributed by atoms with Gasteiger partial charge in [0.1, 0.15) is 40.8 Å². The average molecular weight is 795 g/mol. The molecule has 6 rings (SSSR count). The van der Waals surface area contributed by atoms with E-state index in [1.807, 2.05) is 0 Å². The third kappa shape index (κ3) is 6.81. The van der Waals surface area contributed by atoms with Crippen LogP contribution in [0.4, 0.5) is 52.7 Å². The van der Waals surface area contributed by atoms with Crippen molar-refractivity contribution >= 4 is 28.3 Å². The highest BCUT2D eigenvalue weighted by Crippen LogP contribution is 2.38. The molecule has 282 valence electrons. The lowest BCUT2D eigenvalue weighted by atomic mass is 10.2. The Morgan fingerprint density at radius 2 is 0.679 bits per heavy atom. The maximum Gasteiger partial charge on any atom is 0.435 e. The van der Waals surface area contributed by atoms with Crippen LogP contribution in [-0.4, -0.2) is 46.4 Å². The standard InChI is InChI=1S/C27H5F12N17/c1-5-13(43)49-14(44-5)6(2-40)15-50-16(7(3-41)18-53-20-21(54-18)46-10(25(31,32)33)9(45-20)24(28,29)30)52-17(51-15)8(4-42)19-55-22-23(56-19)48-12(27(37,38)39)11(47-22)26(34,35)36/h1H3,(H2,43,49)/b14-6-. The van der Waals surface area contributed by atoms with Crippen LogP contribution in [0.3, 0.4) is 0 Å². The summed E-state index contributed by atoms with van der Waals surface area (Å²) in [6.45, 7) is 1.36. The quantitative estimate of drug-likeness (QED) is 0.295. The Hall–Kier alpha value is -7.64. The van der Waals surface area contributed by atoms with Crippen molar-refractivity contribution in [3.05, 3.63) is 79.7 Å². The fourth-order valence-corrected chi connectivity index (χ4v) is 4.46. The Balaban J connectivity index is 1.65. The molecule has 0 fully saturated rings. The molecule has 56 heavy (non-hydrogen) atoms. The van der Waals surface area contributed by atoms with Gasteiger partial charge in [-0.05, 0) is 6.92 Å². The first kappa shape index (κ1) is 38.1. The summed E-state index contributed by atoms with van der Waals surface area (Å²) in [5, 5.41) is 30.1. The van der Waals surface area contributed by atoms with Crippen molar-refractivity contribution in [3.8, 4) is 18.2 Å². The molecule has 0 saturated heterocycles. The number of nitrogens with two attached hydrogens (primary N) is 1. The van der Waals surface area contributed by atoms with E-state index < -0.39 is 121 Å². The number of hydrogen-bond donors (Lipinski definition) is 1. The summed E-state index contributed by atoms with van der Waals surface area (Å²) in [5.74, 6) is -5.53. The van der Waals surface area contributed by atoms with Gasteiger partial charge in [0.2, 0.25) is 22.0 Å². The van der Waals surface area contributed by atoms with E-state index in [-0.39, 0.29) is 11.5 Å². The number of alkyl halides is 12. The molecule has 0 unspecified atom stereocenters. The summed E-state index contributed by atoms with van der Waals surface area (Å²) < 4.78 is 162.